The number of aromatic nitrogens is 2. The summed E-state index contributed by atoms with van der Waals surface area (Å²) in [6, 6.07) is 15.6. The molecule has 0 radical (unpaired) electrons. The monoisotopic (exact) mass is 471 g/mol. The zero-order valence-electron chi connectivity index (χ0n) is 16.5. The van der Waals surface area contributed by atoms with Crippen molar-refractivity contribution in [3.63, 3.8) is 0 Å². The van der Waals surface area contributed by atoms with E-state index < -0.39 is 9.84 Å². The number of anilines is 1. The lowest BCUT2D eigenvalue weighted by Gasteiger charge is -2.20. The molecule has 0 unspecified atom stereocenters. The Balaban J connectivity index is 1.66. The van der Waals surface area contributed by atoms with E-state index in [9.17, 15) is 13.2 Å². The van der Waals surface area contributed by atoms with E-state index in [4.69, 9.17) is 11.6 Å². The highest BCUT2D eigenvalue weighted by atomic mass is 35.5. The van der Waals surface area contributed by atoms with Crippen LogP contribution in [-0.4, -0.2) is 30.5 Å². The van der Waals surface area contributed by atoms with Crippen molar-refractivity contribution in [1.29, 1.82) is 0 Å². The number of rotatable bonds is 6. The van der Waals surface area contributed by atoms with E-state index in [1.807, 2.05) is 24.3 Å². The molecule has 0 aliphatic heterocycles. The Morgan fingerprint density at radius 2 is 1.74 bits per heavy atom. The van der Waals surface area contributed by atoms with Crippen molar-refractivity contribution >= 4 is 54.0 Å². The van der Waals surface area contributed by atoms with E-state index in [2.05, 4.69) is 9.97 Å². The number of hydrogen-bond donors (Lipinski definition) is 0. The molecule has 9 heteroatoms. The molecular weight excluding hydrogens is 454 g/mol. The fourth-order valence-electron chi connectivity index (χ4n) is 3.08. The van der Waals surface area contributed by atoms with Crippen LogP contribution in [0.2, 0.25) is 5.02 Å². The molecule has 0 aliphatic carbocycles. The van der Waals surface area contributed by atoms with E-state index in [1.165, 1.54) is 23.5 Å². The largest absolute Gasteiger partial charge is 0.283 e. The smallest absolute Gasteiger partial charge is 0.233 e. The van der Waals surface area contributed by atoms with Gasteiger partial charge in [0.1, 0.15) is 5.52 Å². The third-order valence-electron chi connectivity index (χ3n) is 4.69. The average Bonchev–Trinajstić information content (AvgIpc) is 3.18. The van der Waals surface area contributed by atoms with E-state index in [0.29, 0.717) is 22.2 Å². The zero-order valence-corrected chi connectivity index (χ0v) is 18.9. The van der Waals surface area contributed by atoms with Gasteiger partial charge >= 0.3 is 0 Å². The van der Waals surface area contributed by atoms with Crippen LogP contribution in [0.1, 0.15) is 11.1 Å². The van der Waals surface area contributed by atoms with Crippen LogP contribution in [0.4, 0.5) is 5.13 Å². The zero-order chi connectivity index (χ0) is 22.0. The maximum atomic E-state index is 13.3. The van der Waals surface area contributed by atoms with E-state index in [1.54, 1.807) is 35.5 Å². The van der Waals surface area contributed by atoms with Crippen molar-refractivity contribution in [3.05, 3.63) is 83.1 Å². The first-order valence-electron chi connectivity index (χ1n) is 9.34. The standard InChI is InChI=1S/C22H18ClN3O3S2/c1-31(28,29)17-7-5-15(6-8-17)13-20(27)26(14-16-9-11-24-12-10-16)22-25-21-18(23)3-2-4-19(21)30-22/h2-12H,13-14H2,1H3. The summed E-state index contributed by atoms with van der Waals surface area (Å²) in [5, 5.41) is 1.09. The number of para-hydroxylation sites is 1. The first-order valence-corrected chi connectivity index (χ1v) is 12.4. The lowest BCUT2D eigenvalue weighted by atomic mass is 10.1. The number of hydrogen-bond acceptors (Lipinski definition) is 6. The number of halogens is 1. The number of pyridine rings is 1. The highest BCUT2D eigenvalue weighted by Gasteiger charge is 2.21. The third kappa shape index (κ3) is 4.92. The second-order valence-electron chi connectivity index (χ2n) is 7.01. The second kappa shape index (κ2) is 8.74. The van der Waals surface area contributed by atoms with Crippen LogP contribution in [0.3, 0.4) is 0 Å². The first kappa shape index (κ1) is 21.4. The molecule has 31 heavy (non-hydrogen) atoms. The Bertz CT molecular complexity index is 1340. The molecule has 0 aliphatic rings. The number of fused-ring (bicyclic) bond motifs is 1. The van der Waals surface area contributed by atoms with Gasteiger partial charge in [-0.15, -0.1) is 0 Å². The Kier molecular flexibility index (Phi) is 6.04. The van der Waals surface area contributed by atoms with Gasteiger partial charge in [-0.3, -0.25) is 14.7 Å². The highest BCUT2D eigenvalue weighted by molar-refractivity contribution is 7.90. The Morgan fingerprint density at radius 1 is 1.03 bits per heavy atom. The fraction of sp³-hybridized carbons (Fsp3) is 0.136. The maximum Gasteiger partial charge on any atom is 0.233 e. The van der Waals surface area contributed by atoms with Crippen LogP contribution < -0.4 is 4.90 Å². The van der Waals surface area contributed by atoms with E-state index >= 15 is 0 Å². The minimum atomic E-state index is -3.29. The Hall–Kier alpha value is -2.81. The highest BCUT2D eigenvalue weighted by Crippen LogP contribution is 2.33. The Morgan fingerprint density at radius 3 is 2.39 bits per heavy atom. The van der Waals surface area contributed by atoms with Gasteiger partial charge in [-0.25, -0.2) is 13.4 Å². The lowest BCUT2D eigenvalue weighted by Crippen LogP contribution is -2.31. The third-order valence-corrected chi connectivity index (χ3v) is 7.16. The van der Waals surface area contributed by atoms with Gasteiger partial charge in [-0.1, -0.05) is 41.1 Å². The SMILES string of the molecule is CS(=O)(=O)c1ccc(CC(=O)N(Cc2ccncc2)c2nc3c(Cl)cccc3s2)cc1. The first-order chi connectivity index (χ1) is 14.8. The quantitative estimate of drug-likeness (QED) is 0.413. The van der Waals surface area contributed by atoms with Crippen molar-refractivity contribution in [3.8, 4) is 0 Å². The topological polar surface area (TPSA) is 80.2 Å². The molecule has 4 aromatic rings. The molecule has 0 saturated carbocycles. The summed E-state index contributed by atoms with van der Waals surface area (Å²) in [7, 11) is -3.29. The number of carbonyl (C=O) groups is 1. The van der Waals surface area contributed by atoms with Gasteiger partial charge in [0.05, 0.1) is 27.6 Å². The van der Waals surface area contributed by atoms with Crippen LogP contribution in [-0.2, 0) is 27.6 Å². The average molecular weight is 472 g/mol. The number of carbonyl (C=O) groups excluding carboxylic acids is 1. The Labute approximate surface area is 189 Å². The van der Waals surface area contributed by atoms with Gasteiger partial charge in [0.15, 0.2) is 15.0 Å². The van der Waals surface area contributed by atoms with Crippen LogP contribution >= 0.6 is 22.9 Å². The van der Waals surface area contributed by atoms with Crippen molar-refractivity contribution in [2.45, 2.75) is 17.9 Å². The predicted octanol–water partition coefficient (Wildman–Crippen LogP) is 4.52. The molecule has 158 valence electrons. The molecule has 4 rings (SSSR count). The van der Waals surface area contributed by atoms with Gasteiger partial charge in [0.2, 0.25) is 5.91 Å². The van der Waals surface area contributed by atoms with Gasteiger partial charge in [0.25, 0.3) is 0 Å². The molecule has 2 heterocycles. The molecule has 1 amide bonds. The van der Waals surface area contributed by atoms with Crippen LogP contribution in [0, 0.1) is 0 Å². The van der Waals surface area contributed by atoms with Crippen LogP contribution in [0.25, 0.3) is 10.2 Å². The number of sulfone groups is 1. The molecule has 0 bridgehead atoms. The van der Waals surface area contributed by atoms with Gasteiger partial charge in [0, 0.05) is 18.6 Å². The van der Waals surface area contributed by atoms with Crippen molar-refractivity contribution in [2.24, 2.45) is 0 Å². The number of thiazole rings is 1. The summed E-state index contributed by atoms with van der Waals surface area (Å²) in [4.78, 5) is 23.8. The molecule has 0 spiro atoms. The summed E-state index contributed by atoms with van der Waals surface area (Å²) < 4.78 is 24.3. The minimum absolute atomic E-state index is 0.110. The summed E-state index contributed by atoms with van der Waals surface area (Å²) >= 11 is 7.68. The molecule has 0 N–H and O–H groups in total. The molecule has 2 aromatic carbocycles. The number of amides is 1. The normalized spacial score (nSPS) is 11.5. The molecular formula is C22H18ClN3O3S2. The predicted molar refractivity (Wildman–Crippen MR) is 123 cm³/mol. The summed E-state index contributed by atoms with van der Waals surface area (Å²) in [6.07, 6.45) is 4.62. The van der Waals surface area contributed by atoms with E-state index in [0.717, 1.165) is 22.1 Å². The van der Waals surface area contributed by atoms with E-state index in [-0.39, 0.29) is 17.2 Å². The van der Waals surface area contributed by atoms with Gasteiger partial charge < -0.3 is 0 Å². The summed E-state index contributed by atoms with van der Waals surface area (Å²) in [5.41, 5.74) is 2.30. The molecule has 2 aromatic heterocycles. The van der Waals surface area contributed by atoms with Crippen LogP contribution in [0.5, 0.6) is 0 Å². The number of nitrogens with zero attached hydrogens (tertiary/aromatic N) is 3. The summed E-state index contributed by atoms with van der Waals surface area (Å²) in [6.45, 7) is 0.334. The second-order valence-corrected chi connectivity index (χ2v) is 10.4. The van der Waals surface area contributed by atoms with Crippen molar-refractivity contribution in [1.82, 2.24) is 9.97 Å². The minimum Gasteiger partial charge on any atom is -0.283 e. The lowest BCUT2D eigenvalue weighted by molar-refractivity contribution is -0.118. The van der Waals surface area contributed by atoms with Crippen molar-refractivity contribution < 1.29 is 13.2 Å². The molecule has 0 atom stereocenters. The van der Waals surface area contributed by atoms with Gasteiger partial charge in [-0.05, 0) is 47.5 Å². The molecule has 0 saturated heterocycles. The number of benzene rings is 2. The van der Waals surface area contributed by atoms with Gasteiger partial charge in [-0.2, -0.15) is 0 Å². The fourth-order valence-corrected chi connectivity index (χ4v) is 4.99. The summed E-state index contributed by atoms with van der Waals surface area (Å²) in [5.74, 6) is -0.154. The van der Waals surface area contributed by atoms with Crippen LogP contribution in [0.15, 0.2) is 71.9 Å². The molecule has 6 nitrogen and oxygen atoms in total. The van der Waals surface area contributed by atoms with Crippen molar-refractivity contribution in [2.75, 3.05) is 11.2 Å². The molecule has 0 fully saturated rings. The maximum absolute atomic E-state index is 13.3.